The van der Waals surface area contributed by atoms with E-state index in [-0.39, 0.29) is 23.7 Å². The van der Waals surface area contributed by atoms with Crippen LogP contribution in [-0.4, -0.2) is 33.1 Å². The molecule has 1 fully saturated rings. The van der Waals surface area contributed by atoms with Crippen LogP contribution < -0.4 is 10.9 Å². The smallest absolute Gasteiger partial charge is 0.318 e. The van der Waals surface area contributed by atoms with E-state index >= 15 is 0 Å². The number of benzene rings is 2. The fourth-order valence-corrected chi connectivity index (χ4v) is 5.08. The van der Waals surface area contributed by atoms with Crippen LogP contribution in [0.5, 0.6) is 0 Å². The van der Waals surface area contributed by atoms with Crippen LogP contribution in [0.15, 0.2) is 59.4 Å². The van der Waals surface area contributed by atoms with E-state index in [1.165, 1.54) is 6.42 Å². The molecule has 2 aromatic carbocycles. The van der Waals surface area contributed by atoms with Crippen LogP contribution in [0.2, 0.25) is 0 Å². The molecule has 6 heteroatoms. The van der Waals surface area contributed by atoms with Gasteiger partial charge in [0.05, 0.1) is 22.6 Å². The van der Waals surface area contributed by atoms with E-state index < -0.39 is 0 Å². The zero-order chi connectivity index (χ0) is 24.6. The maximum atomic E-state index is 13.7. The third-order valence-electron chi connectivity index (χ3n) is 7.10. The number of hydrogen-bond acceptors (Lipinski definition) is 3. The molecule has 4 rings (SSSR count). The molecule has 35 heavy (non-hydrogen) atoms. The Balaban J connectivity index is 1.73. The second-order valence-corrected chi connectivity index (χ2v) is 9.68. The summed E-state index contributed by atoms with van der Waals surface area (Å²) >= 11 is 0. The highest BCUT2D eigenvalue weighted by Crippen LogP contribution is 2.25. The molecule has 1 aromatic heterocycles. The number of hydrogen-bond donors (Lipinski definition) is 1. The number of unbranched alkanes of at least 4 members (excludes halogenated alkanes) is 3. The summed E-state index contributed by atoms with van der Waals surface area (Å²) in [6, 6.07) is 16.9. The van der Waals surface area contributed by atoms with E-state index in [0.29, 0.717) is 23.3 Å². The Morgan fingerprint density at radius 1 is 1.03 bits per heavy atom. The number of urea groups is 1. The van der Waals surface area contributed by atoms with E-state index in [1.807, 2.05) is 66.4 Å². The van der Waals surface area contributed by atoms with Gasteiger partial charge in [-0.05, 0) is 50.5 Å². The van der Waals surface area contributed by atoms with Gasteiger partial charge in [0.25, 0.3) is 5.56 Å². The normalized spacial score (nSPS) is 15.1. The number of para-hydroxylation sites is 2. The summed E-state index contributed by atoms with van der Waals surface area (Å²) in [5.41, 5.74) is 1.31. The number of carbonyl (C=O) groups excluding carboxylic acids is 1. The summed E-state index contributed by atoms with van der Waals surface area (Å²) < 4.78 is 1.68. The zero-order valence-corrected chi connectivity index (χ0v) is 21.1. The van der Waals surface area contributed by atoms with E-state index in [2.05, 4.69) is 12.2 Å². The van der Waals surface area contributed by atoms with Gasteiger partial charge in [-0.2, -0.15) is 0 Å². The first-order valence-corrected chi connectivity index (χ1v) is 13.2. The fourth-order valence-electron chi connectivity index (χ4n) is 5.08. The van der Waals surface area contributed by atoms with Gasteiger partial charge in [0, 0.05) is 12.6 Å². The van der Waals surface area contributed by atoms with Crippen LogP contribution in [0.1, 0.15) is 83.5 Å². The molecule has 0 saturated heterocycles. The minimum absolute atomic E-state index is 0.0529. The Hall–Kier alpha value is -3.15. The monoisotopic (exact) mass is 474 g/mol. The van der Waals surface area contributed by atoms with Crippen molar-refractivity contribution in [1.29, 1.82) is 0 Å². The highest BCUT2D eigenvalue weighted by molar-refractivity contribution is 5.78. The van der Waals surface area contributed by atoms with Gasteiger partial charge in [-0.15, -0.1) is 0 Å². The Morgan fingerprint density at radius 3 is 2.49 bits per heavy atom. The maximum Gasteiger partial charge on any atom is 0.318 e. The number of aromatic nitrogens is 2. The second kappa shape index (κ2) is 12.0. The molecular formula is C29H38N4O2. The minimum Gasteiger partial charge on any atom is -0.335 e. The first-order chi connectivity index (χ1) is 17.1. The van der Waals surface area contributed by atoms with Gasteiger partial charge < -0.3 is 10.2 Å². The van der Waals surface area contributed by atoms with Crippen molar-refractivity contribution in [2.45, 2.75) is 83.7 Å². The van der Waals surface area contributed by atoms with Crippen molar-refractivity contribution in [2.75, 3.05) is 6.54 Å². The maximum absolute atomic E-state index is 13.7. The predicted molar refractivity (Wildman–Crippen MR) is 142 cm³/mol. The van der Waals surface area contributed by atoms with E-state index in [9.17, 15) is 9.59 Å². The zero-order valence-electron chi connectivity index (χ0n) is 21.1. The molecule has 2 amide bonds. The summed E-state index contributed by atoms with van der Waals surface area (Å²) in [6.45, 7) is 4.82. The molecule has 0 bridgehead atoms. The quantitative estimate of drug-likeness (QED) is 0.366. The molecule has 1 aliphatic carbocycles. The molecule has 1 saturated carbocycles. The molecule has 0 spiro atoms. The van der Waals surface area contributed by atoms with Gasteiger partial charge in [-0.1, -0.05) is 75.8 Å². The average molecular weight is 475 g/mol. The van der Waals surface area contributed by atoms with Crippen LogP contribution in [0.4, 0.5) is 4.79 Å². The van der Waals surface area contributed by atoms with Crippen molar-refractivity contribution in [3.63, 3.8) is 0 Å². The van der Waals surface area contributed by atoms with Gasteiger partial charge in [-0.3, -0.25) is 9.36 Å². The third kappa shape index (κ3) is 5.92. The minimum atomic E-state index is -0.363. The van der Waals surface area contributed by atoms with E-state index in [1.54, 1.807) is 4.57 Å². The van der Waals surface area contributed by atoms with Crippen molar-refractivity contribution in [2.24, 2.45) is 0 Å². The summed E-state index contributed by atoms with van der Waals surface area (Å²) in [7, 11) is 0. The van der Waals surface area contributed by atoms with E-state index in [4.69, 9.17) is 4.98 Å². The van der Waals surface area contributed by atoms with Gasteiger partial charge >= 0.3 is 6.03 Å². The van der Waals surface area contributed by atoms with Crippen LogP contribution in [-0.2, 0) is 0 Å². The van der Waals surface area contributed by atoms with Crippen LogP contribution in [0, 0.1) is 0 Å². The van der Waals surface area contributed by atoms with Crippen LogP contribution >= 0.6 is 0 Å². The Bertz CT molecular complexity index is 1170. The van der Waals surface area contributed by atoms with Crippen molar-refractivity contribution in [3.8, 4) is 5.69 Å². The Morgan fingerprint density at radius 2 is 1.74 bits per heavy atom. The molecule has 6 nitrogen and oxygen atoms in total. The second-order valence-electron chi connectivity index (χ2n) is 9.68. The molecule has 1 aliphatic rings. The van der Waals surface area contributed by atoms with E-state index in [0.717, 1.165) is 57.1 Å². The van der Waals surface area contributed by atoms with Crippen LogP contribution in [0.25, 0.3) is 16.6 Å². The lowest BCUT2D eigenvalue weighted by atomic mass is 9.96. The van der Waals surface area contributed by atoms with Gasteiger partial charge in [0.1, 0.15) is 5.82 Å². The highest BCUT2D eigenvalue weighted by atomic mass is 16.2. The largest absolute Gasteiger partial charge is 0.335 e. The number of rotatable bonds is 9. The lowest BCUT2D eigenvalue weighted by molar-refractivity contribution is 0.167. The molecule has 1 heterocycles. The molecule has 1 N–H and O–H groups in total. The van der Waals surface area contributed by atoms with Gasteiger partial charge in [0.15, 0.2) is 0 Å². The van der Waals surface area contributed by atoms with Crippen molar-refractivity contribution in [3.05, 3.63) is 70.8 Å². The highest BCUT2D eigenvalue weighted by Gasteiger charge is 2.28. The SMILES string of the molecule is CCCCCCN(C(=O)NC1CCCCC1)C(C)c1nc2ccccc2c(=O)n1-c1ccccc1. The predicted octanol–water partition coefficient (Wildman–Crippen LogP) is 6.37. The topological polar surface area (TPSA) is 67.2 Å². The molecule has 3 aromatic rings. The molecule has 1 atom stereocenters. The molecule has 1 unspecified atom stereocenters. The number of fused-ring (bicyclic) bond motifs is 1. The van der Waals surface area contributed by atoms with Gasteiger partial charge in [-0.25, -0.2) is 9.78 Å². The number of carbonyl (C=O) groups is 1. The van der Waals surface area contributed by atoms with Crippen molar-refractivity contribution >= 4 is 16.9 Å². The number of nitrogens with one attached hydrogen (secondary N) is 1. The first kappa shape index (κ1) is 25.0. The lowest BCUT2D eigenvalue weighted by Crippen LogP contribution is -2.47. The standard InChI is InChI=1S/C29H38N4O2/c1-3-4-5-14-21-32(29(35)30-23-15-8-6-9-16-23)22(2)27-31-26-20-13-12-19-25(26)28(34)33(27)24-17-10-7-11-18-24/h7,10-13,17-20,22-23H,3-6,8-9,14-16,21H2,1-2H3,(H,30,35). The molecular weight excluding hydrogens is 436 g/mol. The lowest BCUT2D eigenvalue weighted by Gasteiger charge is -2.33. The Kier molecular flexibility index (Phi) is 8.56. The summed E-state index contributed by atoms with van der Waals surface area (Å²) in [4.78, 5) is 34.1. The average Bonchev–Trinajstić information content (AvgIpc) is 2.89. The van der Waals surface area contributed by atoms with Crippen LogP contribution in [0.3, 0.4) is 0 Å². The number of amides is 2. The summed E-state index contributed by atoms with van der Waals surface area (Å²) in [5, 5.41) is 3.87. The van der Waals surface area contributed by atoms with Gasteiger partial charge in [0.2, 0.25) is 0 Å². The first-order valence-electron chi connectivity index (χ1n) is 13.2. The molecule has 0 radical (unpaired) electrons. The van der Waals surface area contributed by atoms with Crippen molar-refractivity contribution in [1.82, 2.24) is 19.8 Å². The van der Waals surface area contributed by atoms with Crippen molar-refractivity contribution < 1.29 is 4.79 Å². The molecule has 0 aliphatic heterocycles. The fraction of sp³-hybridized carbons (Fsp3) is 0.483. The Labute approximate surface area is 208 Å². The molecule has 186 valence electrons. The summed E-state index contributed by atoms with van der Waals surface area (Å²) in [5.74, 6) is 0.592. The number of nitrogens with zero attached hydrogens (tertiary/aromatic N) is 3. The third-order valence-corrected chi connectivity index (χ3v) is 7.10. The summed E-state index contributed by atoms with van der Waals surface area (Å²) in [6.07, 6.45) is 9.94.